The fourth-order valence-corrected chi connectivity index (χ4v) is 10.4. The molecule has 0 aliphatic carbocycles. The van der Waals surface area contributed by atoms with Gasteiger partial charge in [0.15, 0.2) is 0 Å². The van der Waals surface area contributed by atoms with Crippen LogP contribution in [0.5, 0.6) is 0 Å². The van der Waals surface area contributed by atoms with Gasteiger partial charge in [0.05, 0.1) is 0 Å². The maximum atomic E-state index is 4.15. The van der Waals surface area contributed by atoms with E-state index in [2.05, 4.69) is 168 Å². The summed E-state index contributed by atoms with van der Waals surface area (Å²) in [6.07, 6.45) is 0.893. The van der Waals surface area contributed by atoms with Crippen LogP contribution < -0.4 is 32.9 Å². The quantitative estimate of drug-likeness (QED) is 0.231. The van der Waals surface area contributed by atoms with Crippen molar-refractivity contribution >= 4 is 44.7 Å². The molecule has 0 amide bonds. The fraction of sp³-hybridized carbons (Fsp3) is 0.0303. The number of halogens is 2. The topological polar surface area (TPSA) is 0 Å². The minimum Gasteiger partial charge on any atom is -1.00 e. The molecule has 0 fully saturated rings. The van der Waals surface area contributed by atoms with E-state index >= 15 is 0 Å². The smallest absolute Gasteiger partial charge is 0.117 e. The molecule has 5 aromatic carbocycles. The van der Waals surface area contributed by atoms with E-state index in [0.29, 0.717) is 0 Å². The molecule has 0 N–H and O–H groups in total. The highest BCUT2D eigenvalue weighted by molar-refractivity contribution is 9.12. The molecule has 0 aliphatic heterocycles. The second-order valence-electron chi connectivity index (χ2n) is 8.49. The van der Waals surface area contributed by atoms with Gasteiger partial charge in [-0.3, -0.25) is 0 Å². The van der Waals surface area contributed by atoms with Crippen LogP contribution in [0.15, 0.2) is 156 Å². The monoisotopic (exact) mass is 612 g/mol. The molecule has 36 heavy (non-hydrogen) atoms. The summed E-state index contributed by atoms with van der Waals surface area (Å²) >= 11 is 4.15. The maximum Gasteiger partial charge on any atom is 0.117 e. The highest BCUT2D eigenvalue weighted by Crippen LogP contribution is 2.58. The molecule has 0 heterocycles. The predicted octanol–water partition coefficient (Wildman–Crippen LogP) is 4.84. The van der Waals surface area contributed by atoms with Crippen molar-refractivity contribution in [3.63, 3.8) is 0 Å². The third-order valence-electron chi connectivity index (χ3n) is 6.36. The van der Waals surface area contributed by atoms with E-state index < -0.39 is 7.26 Å². The largest absolute Gasteiger partial charge is 1.00 e. The van der Waals surface area contributed by atoms with Gasteiger partial charge in [-0.1, -0.05) is 131 Å². The van der Waals surface area contributed by atoms with Gasteiger partial charge in [-0.05, 0) is 47.5 Å². The van der Waals surface area contributed by atoms with E-state index in [1.54, 1.807) is 0 Å². The summed E-state index contributed by atoms with van der Waals surface area (Å²) in [6.45, 7) is 0. The SMILES string of the molecule is BrC(C[P+](c1ccccc1)(c1ccccc1)c1ccccc1)=C(c1ccccc1)c1ccccc1.[Br-]. The van der Waals surface area contributed by atoms with Crippen molar-refractivity contribution in [3.8, 4) is 0 Å². The van der Waals surface area contributed by atoms with Crippen LogP contribution in [0.4, 0.5) is 0 Å². The minimum absolute atomic E-state index is 0. The number of benzene rings is 5. The molecule has 3 heteroatoms. The van der Waals surface area contributed by atoms with Crippen LogP contribution in [0, 0.1) is 0 Å². The van der Waals surface area contributed by atoms with E-state index in [4.69, 9.17) is 0 Å². The average molecular weight is 614 g/mol. The highest BCUT2D eigenvalue weighted by atomic mass is 79.9. The van der Waals surface area contributed by atoms with Crippen molar-refractivity contribution in [2.45, 2.75) is 0 Å². The summed E-state index contributed by atoms with van der Waals surface area (Å²) in [5.41, 5.74) is 3.69. The predicted molar refractivity (Wildman–Crippen MR) is 158 cm³/mol. The summed E-state index contributed by atoms with van der Waals surface area (Å²) in [5.74, 6) is 0. The highest BCUT2D eigenvalue weighted by Gasteiger charge is 2.46. The molecule has 0 bridgehead atoms. The van der Waals surface area contributed by atoms with Gasteiger partial charge >= 0.3 is 0 Å². The Morgan fingerprint density at radius 3 is 1.03 bits per heavy atom. The van der Waals surface area contributed by atoms with E-state index in [0.717, 1.165) is 6.16 Å². The molecule has 0 nitrogen and oxygen atoms in total. The minimum atomic E-state index is -2.01. The zero-order chi connectivity index (χ0) is 23.9. The van der Waals surface area contributed by atoms with Crippen molar-refractivity contribution in [1.29, 1.82) is 0 Å². The maximum absolute atomic E-state index is 4.15. The molecule has 0 radical (unpaired) electrons. The zero-order valence-electron chi connectivity index (χ0n) is 19.8. The molecule has 0 saturated carbocycles. The Morgan fingerprint density at radius 1 is 0.444 bits per heavy atom. The molecule has 0 saturated heterocycles. The Kier molecular flexibility index (Phi) is 9.10. The third-order valence-corrected chi connectivity index (χ3v) is 11.8. The van der Waals surface area contributed by atoms with Gasteiger partial charge in [0.25, 0.3) is 0 Å². The number of hydrogen-bond acceptors (Lipinski definition) is 0. The summed E-state index contributed by atoms with van der Waals surface area (Å²) < 4.78 is 1.22. The first-order chi connectivity index (χ1) is 17.3. The van der Waals surface area contributed by atoms with Crippen LogP contribution in [-0.4, -0.2) is 6.16 Å². The van der Waals surface area contributed by atoms with Crippen molar-refractivity contribution in [2.75, 3.05) is 6.16 Å². The van der Waals surface area contributed by atoms with Crippen LogP contribution in [-0.2, 0) is 0 Å². The van der Waals surface area contributed by atoms with Crippen molar-refractivity contribution < 1.29 is 17.0 Å². The molecular formula is C33H27Br2P. The molecule has 178 valence electrons. The van der Waals surface area contributed by atoms with E-state index in [9.17, 15) is 0 Å². The Bertz CT molecular complexity index is 1250. The molecule has 0 unspecified atom stereocenters. The normalized spacial score (nSPS) is 10.8. The van der Waals surface area contributed by atoms with Gasteiger partial charge in [0, 0.05) is 10.1 Å². The van der Waals surface area contributed by atoms with Gasteiger partial charge in [0.2, 0.25) is 0 Å². The lowest BCUT2D eigenvalue weighted by Gasteiger charge is -2.28. The lowest BCUT2D eigenvalue weighted by atomic mass is 9.98. The fourth-order valence-electron chi connectivity index (χ4n) is 4.75. The molecule has 0 aliphatic rings. The van der Waals surface area contributed by atoms with Crippen LogP contribution in [0.25, 0.3) is 5.57 Å². The second kappa shape index (κ2) is 12.5. The molecular weight excluding hydrogens is 587 g/mol. The van der Waals surface area contributed by atoms with Crippen molar-refractivity contribution in [3.05, 3.63) is 167 Å². The average Bonchev–Trinajstić information content (AvgIpc) is 2.94. The van der Waals surface area contributed by atoms with Gasteiger partial charge in [-0.25, -0.2) is 0 Å². The Hall–Kier alpha value is -2.77. The number of hydrogen-bond donors (Lipinski definition) is 0. The van der Waals surface area contributed by atoms with Gasteiger partial charge in [-0.15, -0.1) is 0 Å². The molecule has 0 aromatic heterocycles. The van der Waals surface area contributed by atoms with Crippen LogP contribution in [0.3, 0.4) is 0 Å². The van der Waals surface area contributed by atoms with Crippen molar-refractivity contribution in [1.82, 2.24) is 0 Å². The second-order valence-corrected chi connectivity index (χ2v) is 12.9. The van der Waals surface area contributed by atoms with Crippen LogP contribution in [0.2, 0.25) is 0 Å². The standard InChI is InChI=1S/C33H27BrP.BrH/c34-32(33(27-16-6-1-7-17-27)28-18-8-2-9-19-28)26-35(29-20-10-3-11-21-29,30-22-12-4-13-23-30)31-24-14-5-15-25-31;/h1-25H,26H2;1H/q+1;/p-1. The van der Waals surface area contributed by atoms with Gasteiger partial charge < -0.3 is 17.0 Å². The first-order valence-electron chi connectivity index (χ1n) is 11.8. The Balaban J connectivity index is 0.00000304. The van der Waals surface area contributed by atoms with Crippen LogP contribution in [0.1, 0.15) is 11.1 Å². The Morgan fingerprint density at radius 2 is 0.722 bits per heavy atom. The van der Waals surface area contributed by atoms with Gasteiger partial charge in [0.1, 0.15) is 29.3 Å². The van der Waals surface area contributed by atoms with Gasteiger partial charge in [-0.2, -0.15) is 0 Å². The van der Waals surface area contributed by atoms with E-state index in [1.807, 2.05) is 0 Å². The third kappa shape index (κ3) is 5.47. The molecule has 0 atom stereocenters. The number of allylic oxidation sites excluding steroid dienone is 1. The molecule has 5 rings (SSSR count). The number of rotatable bonds is 7. The zero-order valence-corrected chi connectivity index (χ0v) is 23.9. The summed E-state index contributed by atoms with van der Waals surface area (Å²) in [5, 5.41) is 4.15. The molecule has 0 spiro atoms. The Labute approximate surface area is 234 Å². The lowest BCUT2D eigenvalue weighted by molar-refractivity contribution is -0.00000655. The summed E-state index contributed by atoms with van der Waals surface area (Å²) in [7, 11) is -2.01. The van der Waals surface area contributed by atoms with Crippen molar-refractivity contribution in [2.24, 2.45) is 0 Å². The first kappa shape index (κ1) is 26.3. The lowest BCUT2D eigenvalue weighted by Crippen LogP contribution is -3.00. The molecule has 5 aromatic rings. The van der Waals surface area contributed by atoms with Crippen LogP contribution >= 0.6 is 23.2 Å². The summed E-state index contributed by atoms with van der Waals surface area (Å²) in [4.78, 5) is 0. The first-order valence-corrected chi connectivity index (χ1v) is 14.6. The summed E-state index contributed by atoms with van der Waals surface area (Å²) in [6, 6.07) is 54.6. The van der Waals surface area contributed by atoms with E-state index in [-0.39, 0.29) is 17.0 Å². The van der Waals surface area contributed by atoms with E-state index in [1.165, 1.54) is 37.1 Å².